The van der Waals surface area contributed by atoms with Gasteiger partial charge in [0.1, 0.15) is 0 Å². The highest BCUT2D eigenvalue weighted by atomic mass is 32.1. The first-order chi connectivity index (χ1) is 9.04. The predicted molar refractivity (Wildman–Crippen MR) is 72.1 cm³/mol. The van der Waals surface area contributed by atoms with E-state index in [1.165, 1.54) is 18.3 Å². The molecule has 0 aromatic carbocycles. The normalized spacial score (nSPS) is 19.5. The van der Waals surface area contributed by atoms with E-state index in [2.05, 4.69) is 15.2 Å². The van der Waals surface area contributed by atoms with Crippen molar-refractivity contribution in [2.24, 2.45) is 0 Å². The van der Waals surface area contributed by atoms with E-state index < -0.39 is 5.97 Å². The maximum absolute atomic E-state index is 10.9. The van der Waals surface area contributed by atoms with Gasteiger partial charge in [-0.15, -0.1) is 11.3 Å². The number of carboxylic acid groups (broad SMARTS) is 1. The second-order valence-electron chi connectivity index (χ2n) is 4.69. The van der Waals surface area contributed by atoms with E-state index >= 15 is 0 Å². The van der Waals surface area contributed by atoms with Gasteiger partial charge in [-0.25, -0.2) is 4.98 Å². The van der Waals surface area contributed by atoms with Crippen LogP contribution in [0.25, 0.3) is 0 Å². The van der Waals surface area contributed by atoms with Gasteiger partial charge in [0, 0.05) is 24.9 Å². The summed E-state index contributed by atoms with van der Waals surface area (Å²) in [5.41, 5.74) is 0.881. The molecule has 1 fully saturated rings. The lowest BCUT2D eigenvalue weighted by atomic mass is 10.1. The zero-order valence-corrected chi connectivity index (χ0v) is 11.6. The molecular weight excluding hydrogens is 266 g/mol. The highest BCUT2D eigenvalue weighted by Crippen LogP contribution is 2.24. The lowest BCUT2D eigenvalue weighted by molar-refractivity contribution is -0.138. The second kappa shape index (κ2) is 6.12. The topological polar surface area (TPSA) is 82.5 Å². The summed E-state index contributed by atoms with van der Waals surface area (Å²) in [5.74, 6) is -0.889. The summed E-state index contributed by atoms with van der Waals surface area (Å²) >= 11 is 1.39. The van der Waals surface area contributed by atoms with Crippen LogP contribution in [0.1, 0.15) is 31.9 Å². The quantitative estimate of drug-likeness (QED) is 0.856. The van der Waals surface area contributed by atoms with Crippen molar-refractivity contribution in [3.63, 3.8) is 0 Å². The highest BCUT2D eigenvalue weighted by molar-refractivity contribution is 7.13. The number of likely N-dealkylation sites (tertiary alicyclic amines) is 1. The average Bonchev–Trinajstić information content (AvgIpc) is 2.89. The molecular formula is C12H17N3O3S. The van der Waals surface area contributed by atoms with Gasteiger partial charge in [0.25, 0.3) is 0 Å². The Balaban J connectivity index is 1.94. The van der Waals surface area contributed by atoms with E-state index in [4.69, 9.17) is 5.11 Å². The molecule has 1 saturated heterocycles. The van der Waals surface area contributed by atoms with Crippen LogP contribution in [0.2, 0.25) is 0 Å². The van der Waals surface area contributed by atoms with Gasteiger partial charge < -0.3 is 10.4 Å². The summed E-state index contributed by atoms with van der Waals surface area (Å²) < 4.78 is 0. The van der Waals surface area contributed by atoms with Crippen LogP contribution in [0.5, 0.6) is 0 Å². The number of thiazole rings is 1. The Kier molecular flexibility index (Phi) is 4.49. The first-order valence-corrected chi connectivity index (χ1v) is 7.10. The Hall–Kier alpha value is -1.47. The molecule has 1 aliphatic rings. The maximum Gasteiger partial charge on any atom is 0.304 e. The van der Waals surface area contributed by atoms with E-state index in [9.17, 15) is 9.59 Å². The van der Waals surface area contributed by atoms with Crippen molar-refractivity contribution >= 4 is 28.3 Å². The van der Waals surface area contributed by atoms with Crippen LogP contribution < -0.4 is 5.32 Å². The molecule has 1 atom stereocenters. The van der Waals surface area contributed by atoms with Gasteiger partial charge in [0.15, 0.2) is 5.13 Å². The average molecular weight is 283 g/mol. The standard InChI is InChI=1S/C12H17N3O3S/c1-8(16)13-12-14-9(7-19-12)6-15-4-2-3-10(15)5-11(17)18/h7,10H,2-6H2,1H3,(H,17,18)(H,13,14,16). The Morgan fingerprint density at radius 3 is 3.11 bits per heavy atom. The van der Waals surface area contributed by atoms with Crippen LogP contribution in [0, 0.1) is 0 Å². The minimum absolute atomic E-state index is 0.100. The van der Waals surface area contributed by atoms with Crippen LogP contribution in [0.4, 0.5) is 5.13 Å². The Labute approximate surface area is 115 Å². The molecule has 19 heavy (non-hydrogen) atoms. The lowest BCUT2D eigenvalue weighted by Gasteiger charge is -2.21. The van der Waals surface area contributed by atoms with Gasteiger partial charge in [0.2, 0.25) is 5.91 Å². The third-order valence-electron chi connectivity index (χ3n) is 3.11. The zero-order chi connectivity index (χ0) is 13.8. The smallest absolute Gasteiger partial charge is 0.304 e. The summed E-state index contributed by atoms with van der Waals surface area (Å²) in [6.07, 6.45) is 2.14. The fraction of sp³-hybridized carbons (Fsp3) is 0.583. The van der Waals surface area contributed by atoms with Gasteiger partial charge in [0.05, 0.1) is 12.1 Å². The zero-order valence-electron chi connectivity index (χ0n) is 10.8. The number of carbonyl (C=O) groups excluding carboxylic acids is 1. The molecule has 0 bridgehead atoms. The van der Waals surface area contributed by atoms with Crippen LogP contribution >= 0.6 is 11.3 Å². The largest absolute Gasteiger partial charge is 0.481 e. The predicted octanol–water partition coefficient (Wildman–Crippen LogP) is 1.54. The molecule has 1 aromatic rings. The van der Waals surface area contributed by atoms with Crippen molar-refractivity contribution in [1.29, 1.82) is 0 Å². The number of hydrogen-bond acceptors (Lipinski definition) is 5. The lowest BCUT2D eigenvalue weighted by Crippen LogP contribution is -2.30. The monoisotopic (exact) mass is 283 g/mol. The number of rotatable bonds is 5. The van der Waals surface area contributed by atoms with Crippen molar-refractivity contribution in [2.75, 3.05) is 11.9 Å². The molecule has 1 aliphatic heterocycles. The van der Waals surface area contributed by atoms with Crippen molar-refractivity contribution in [2.45, 2.75) is 38.8 Å². The van der Waals surface area contributed by atoms with E-state index in [1.54, 1.807) is 0 Å². The molecule has 0 saturated carbocycles. The number of nitrogens with zero attached hydrogens (tertiary/aromatic N) is 2. The van der Waals surface area contributed by atoms with E-state index in [1.807, 2.05) is 5.38 Å². The molecule has 1 unspecified atom stereocenters. The SMILES string of the molecule is CC(=O)Nc1nc(CN2CCCC2CC(=O)O)cs1. The summed E-state index contributed by atoms with van der Waals surface area (Å²) in [5, 5.41) is 14.0. The molecule has 0 spiro atoms. The van der Waals surface area contributed by atoms with E-state index in [0.717, 1.165) is 25.1 Å². The van der Waals surface area contributed by atoms with Crippen molar-refractivity contribution < 1.29 is 14.7 Å². The number of amides is 1. The number of anilines is 1. The van der Waals surface area contributed by atoms with E-state index in [-0.39, 0.29) is 18.4 Å². The number of hydrogen-bond donors (Lipinski definition) is 2. The maximum atomic E-state index is 10.9. The number of aliphatic carboxylic acids is 1. The summed E-state index contributed by atoms with van der Waals surface area (Å²) in [6, 6.07) is 0.100. The van der Waals surface area contributed by atoms with Crippen LogP contribution in [-0.4, -0.2) is 39.5 Å². The fourth-order valence-corrected chi connectivity index (χ4v) is 3.08. The number of carbonyl (C=O) groups is 2. The number of aromatic nitrogens is 1. The third-order valence-corrected chi connectivity index (χ3v) is 3.92. The Bertz CT molecular complexity index is 475. The van der Waals surface area contributed by atoms with Gasteiger partial charge in [-0.2, -0.15) is 0 Å². The minimum Gasteiger partial charge on any atom is -0.481 e. The molecule has 0 radical (unpaired) electrons. The van der Waals surface area contributed by atoms with Crippen molar-refractivity contribution in [3.8, 4) is 0 Å². The molecule has 1 aromatic heterocycles. The fourth-order valence-electron chi connectivity index (χ4n) is 2.33. The Morgan fingerprint density at radius 2 is 2.42 bits per heavy atom. The summed E-state index contributed by atoms with van der Waals surface area (Å²) in [4.78, 5) is 28.2. The minimum atomic E-state index is -0.755. The molecule has 1 amide bonds. The molecule has 2 rings (SSSR count). The van der Waals surface area contributed by atoms with Gasteiger partial charge >= 0.3 is 5.97 Å². The molecule has 7 heteroatoms. The number of nitrogens with one attached hydrogen (secondary N) is 1. The van der Waals surface area contributed by atoms with E-state index in [0.29, 0.717) is 11.7 Å². The first-order valence-electron chi connectivity index (χ1n) is 6.22. The van der Waals surface area contributed by atoms with Gasteiger partial charge in [-0.3, -0.25) is 14.5 Å². The van der Waals surface area contributed by atoms with Gasteiger partial charge in [-0.05, 0) is 19.4 Å². The molecule has 2 N–H and O–H groups in total. The first kappa shape index (κ1) is 14.0. The molecule has 104 valence electrons. The van der Waals surface area contributed by atoms with Crippen molar-refractivity contribution in [1.82, 2.24) is 9.88 Å². The summed E-state index contributed by atoms with van der Waals surface area (Å²) in [7, 11) is 0. The second-order valence-corrected chi connectivity index (χ2v) is 5.55. The third kappa shape index (κ3) is 4.00. The molecule has 6 nitrogen and oxygen atoms in total. The van der Waals surface area contributed by atoms with Gasteiger partial charge in [-0.1, -0.05) is 0 Å². The molecule has 2 heterocycles. The van der Waals surface area contributed by atoms with Crippen molar-refractivity contribution in [3.05, 3.63) is 11.1 Å². The number of carboxylic acids is 1. The van der Waals surface area contributed by atoms with Crippen LogP contribution in [0.3, 0.4) is 0 Å². The molecule has 0 aliphatic carbocycles. The highest BCUT2D eigenvalue weighted by Gasteiger charge is 2.27. The Morgan fingerprint density at radius 1 is 1.63 bits per heavy atom. The summed E-state index contributed by atoms with van der Waals surface area (Å²) in [6.45, 7) is 3.00. The van der Waals surface area contributed by atoms with Crippen LogP contribution in [-0.2, 0) is 16.1 Å². The van der Waals surface area contributed by atoms with Crippen LogP contribution in [0.15, 0.2) is 5.38 Å².